The molecule has 0 spiro atoms. The average Bonchev–Trinajstić information content (AvgIpc) is 2.93. The third-order valence-corrected chi connectivity index (χ3v) is 3.20. The number of allylic oxidation sites excluding steroid dienone is 4. The number of carbonyl (C=O) groups is 1. The highest BCUT2D eigenvalue weighted by molar-refractivity contribution is 6.39. The van der Waals surface area contributed by atoms with E-state index in [9.17, 15) is 4.79 Å². The highest BCUT2D eigenvalue weighted by Crippen LogP contribution is 2.24. The van der Waals surface area contributed by atoms with Crippen LogP contribution in [0.3, 0.4) is 0 Å². The standard InChI is InChI=1S/C14H10Cl2N4O/c1-3-5-9(4-2)20-8-17-6-10(20)12(21)11-13(15)18-7-19-14(11)16/h3-8H,1-2H2. The number of halogens is 2. The first kappa shape index (κ1) is 15.2. The third-order valence-electron chi connectivity index (χ3n) is 2.63. The van der Waals surface area contributed by atoms with E-state index in [-0.39, 0.29) is 21.6 Å². The SMILES string of the molecule is C=CC=C(C=C)n1cncc1C(=O)c1c(Cl)ncnc1Cl. The van der Waals surface area contributed by atoms with Gasteiger partial charge in [0.1, 0.15) is 22.3 Å². The molecule has 0 aromatic carbocycles. The molecule has 0 aliphatic rings. The van der Waals surface area contributed by atoms with E-state index in [1.165, 1.54) is 18.9 Å². The Morgan fingerprint density at radius 3 is 2.48 bits per heavy atom. The van der Waals surface area contributed by atoms with Crippen LogP contribution in [0.15, 0.2) is 50.2 Å². The summed E-state index contributed by atoms with van der Waals surface area (Å²) in [5, 5.41) is -0.0267. The Balaban J connectivity index is 2.56. The number of hydrogen-bond acceptors (Lipinski definition) is 4. The number of aromatic nitrogens is 4. The minimum absolute atomic E-state index is 0.0133. The normalized spacial score (nSPS) is 11.2. The molecular weight excluding hydrogens is 311 g/mol. The zero-order chi connectivity index (χ0) is 15.4. The van der Waals surface area contributed by atoms with Crippen LogP contribution in [0.1, 0.15) is 16.1 Å². The summed E-state index contributed by atoms with van der Waals surface area (Å²) in [5.74, 6) is -0.431. The minimum Gasteiger partial charge on any atom is -0.296 e. The van der Waals surface area contributed by atoms with Crippen LogP contribution >= 0.6 is 23.2 Å². The third kappa shape index (κ3) is 2.94. The number of rotatable bonds is 5. The zero-order valence-electron chi connectivity index (χ0n) is 10.8. The van der Waals surface area contributed by atoms with Gasteiger partial charge in [-0.25, -0.2) is 15.0 Å². The van der Waals surface area contributed by atoms with Gasteiger partial charge >= 0.3 is 0 Å². The molecule has 0 fully saturated rings. The number of hydrogen-bond donors (Lipinski definition) is 0. The first-order valence-electron chi connectivity index (χ1n) is 5.78. The lowest BCUT2D eigenvalue weighted by molar-refractivity contribution is 0.103. The van der Waals surface area contributed by atoms with Gasteiger partial charge in [0.25, 0.3) is 0 Å². The highest BCUT2D eigenvalue weighted by atomic mass is 35.5. The fourth-order valence-corrected chi connectivity index (χ4v) is 2.18. The molecular formula is C14H10Cl2N4O. The van der Waals surface area contributed by atoms with Crippen LogP contribution in [0.25, 0.3) is 5.70 Å². The van der Waals surface area contributed by atoms with Crippen LogP contribution in [-0.2, 0) is 0 Å². The number of carbonyl (C=O) groups excluding carboxylic acids is 1. The maximum Gasteiger partial charge on any atom is 0.217 e. The number of ketones is 1. The molecule has 0 aliphatic carbocycles. The lowest BCUT2D eigenvalue weighted by Crippen LogP contribution is -2.11. The van der Waals surface area contributed by atoms with Crippen molar-refractivity contribution in [1.82, 2.24) is 19.5 Å². The molecule has 2 aromatic rings. The summed E-state index contributed by atoms with van der Waals surface area (Å²) in [4.78, 5) is 24.1. The predicted molar refractivity (Wildman–Crippen MR) is 82.4 cm³/mol. The van der Waals surface area contributed by atoms with Gasteiger partial charge in [-0.1, -0.05) is 42.4 Å². The maximum atomic E-state index is 12.6. The van der Waals surface area contributed by atoms with Crippen molar-refractivity contribution in [2.24, 2.45) is 0 Å². The van der Waals surface area contributed by atoms with E-state index in [1.807, 2.05) is 0 Å². The molecule has 0 bridgehead atoms. The molecule has 5 nitrogen and oxygen atoms in total. The van der Waals surface area contributed by atoms with Gasteiger partial charge in [-0.05, 0) is 12.2 Å². The molecule has 0 saturated heterocycles. The first-order valence-corrected chi connectivity index (χ1v) is 6.54. The van der Waals surface area contributed by atoms with Crippen LogP contribution in [-0.4, -0.2) is 25.3 Å². The number of imidazole rings is 1. The van der Waals surface area contributed by atoms with Crippen molar-refractivity contribution in [3.8, 4) is 0 Å². The largest absolute Gasteiger partial charge is 0.296 e. The molecule has 0 saturated carbocycles. The lowest BCUT2D eigenvalue weighted by Gasteiger charge is -2.09. The molecule has 0 unspecified atom stereocenters. The van der Waals surface area contributed by atoms with Crippen molar-refractivity contribution in [3.63, 3.8) is 0 Å². The molecule has 0 amide bonds. The predicted octanol–water partition coefficient (Wildman–Crippen LogP) is 3.42. The molecule has 0 radical (unpaired) electrons. The summed E-state index contributed by atoms with van der Waals surface area (Å²) in [6, 6.07) is 0. The van der Waals surface area contributed by atoms with Crippen LogP contribution in [0.4, 0.5) is 0 Å². The van der Waals surface area contributed by atoms with E-state index in [0.29, 0.717) is 5.70 Å². The van der Waals surface area contributed by atoms with Gasteiger partial charge in [-0.3, -0.25) is 9.36 Å². The topological polar surface area (TPSA) is 60.7 Å². The van der Waals surface area contributed by atoms with E-state index >= 15 is 0 Å². The lowest BCUT2D eigenvalue weighted by atomic mass is 10.1. The molecule has 7 heteroatoms. The van der Waals surface area contributed by atoms with Crippen molar-refractivity contribution in [3.05, 3.63) is 71.8 Å². The molecule has 2 heterocycles. The zero-order valence-corrected chi connectivity index (χ0v) is 12.3. The van der Waals surface area contributed by atoms with Gasteiger partial charge in [0, 0.05) is 5.70 Å². The summed E-state index contributed by atoms with van der Waals surface area (Å²) in [7, 11) is 0. The molecule has 0 aliphatic heterocycles. The monoisotopic (exact) mass is 320 g/mol. The first-order chi connectivity index (χ1) is 10.1. The highest BCUT2D eigenvalue weighted by Gasteiger charge is 2.22. The Hall–Kier alpha value is -2.24. The molecule has 2 aromatic heterocycles. The van der Waals surface area contributed by atoms with Crippen molar-refractivity contribution >= 4 is 34.7 Å². The van der Waals surface area contributed by atoms with Crippen molar-refractivity contribution in [2.75, 3.05) is 0 Å². The second-order valence-electron chi connectivity index (χ2n) is 3.84. The quantitative estimate of drug-likeness (QED) is 0.481. The van der Waals surface area contributed by atoms with Crippen LogP contribution in [0.2, 0.25) is 10.3 Å². The van der Waals surface area contributed by atoms with Crippen molar-refractivity contribution in [1.29, 1.82) is 0 Å². The fourth-order valence-electron chi connectivity index (χ4n) is 1.70. The maximum absolute atomic E-state index is 12.6. The van der Waals surface area contributed by atoms with Gasteiger partial charge in [0.15, 0.2) is 0 Å². The Morgan fingerprint density at radius 2 is 1.90 bits per heavy atom. The van der Waals surface area contributed by atoms with Gasteiger partial charge in [-0.15, -0.1) is 0 Å². The molecule has 0 atom stereocenters. The Bertz CT molecular complexity index is 729. The van der Waals surface area contributed by atoms with Gasteiger partial charge < -0.3 is 0 Å². The Kier molecular flexibility index (Phi) is 4.67. The smallest absolute Gasteiger partial charge is 0.217 e. The average molecular weight is 321 g/mol. The second kappa shape index (κ2) is 6.47. The van der Waals surface area contributed by atoms with E-state index in [2.05, 4.69) is 28.1 Å². The fraction of sp³-hybridized carbons (Fsp3) is 0. The van der Waals surface area contributed by atoms with Gasteiger partial charge in [0.2, 0.25) is 5.78 Å². The summed E-state index contributed by atoms with van der Waals surface area (Å²) >= 11 is 11.9. The minimum atomic E-state index is -0.431. The van der Waals surface area contributed by atoms with Crippen LogP contribution in [0.5, 0.6) is 0 Å². The second-order valence-corrected chi connectivity index (χ2v) is 4.56. The van der Waals surface area contributed by atoms with E-state index in [0.717, 1.165) is 0 Å². The van der Waals surface area contributed by atoms with Gasteiger partial charge in [-0.2, -0.15) is 0 Å². The summed E-state index contributed by atoms with van der Waals surface area (Å²) < 4.78 is 1.55. The number of nitrogens with zero attached hydrogens (tertiary/aromatic N) is 4. The molecule has 2 rings (SSSR count). The van der Waals surface area contributed by atoms with E-state index in [1.54, 1.807) is 22.8 Å². The Labute approximate surface area is 131 Å². The summed E-state index contributed by atoms with van der Waals surface area (Å²) in [6.07, 6.45) is 8.92. The van der Waals surface area contributed by atoms with E-state index < -0.39 is 5.78 Å². The molecule has 106 valence electrons. The molecule has 0 N–H and O–H groups in total. The molecule has 21 heavy (non-hydrogen) atoms. The summed E-state index contributed by atoms with van der Waals surface area (Å²) in [6.45, 7) is 7.31. The Morgan fingerprint density at radius 1 is 1.24 bits per heavy atom. The van der Waals surface area contributed by atoms with E-state index in [4.69, 9.17) is 23.2 Å². The van der Waals surface area contributed by atoms with Crippen LogP contribution < -0.4 is 0 Å². The van der Waals surface area contributed by atoms with Crippen molar-refractivity contribution in [2.45, 2.75) is 0 Å². The van der Waals surface area contributed by atoms with Crippen molar-refractivity contribution < 1.29 is 4.79 Å². The van der Waals surface area contributed by atoms with Gasteiger partial charge in [0.05, 0.1) is 18.1 Å². The summed E-state index contributed by atoms with van der Waals surface area (Å²) in [5.41, 5.74) is 0.932. The van der Waals surface area contributed by atoms with Crippen LogP contribution in [0, 0.1) is 0 Å².